The van der Waals surface area contributed by atoms with Gasteiger partial charge in [-0.1, -0.05) is 19.1 Å². The van der Waals surface area contributed by atoms with Crippen molar-refractivity contribution in [1.29, 1.82) is 0 Å². The Morgan fingerprint density at radius 3 is 2.66 bits per heavy atom. The highest BCUT2D eigenvalue weighted by Crippen LogP contribution is 2.30. The van der Waals surface area contributed by atoms with Crippen LogP contribution in [0.1, 0.15) is 26.0 Å². The normalized spacial score (nSPS) is 11.1. The van der Waals surface area contributed by atoms with Crippen LogP contribution in [0.4, 0.5) is 0 Å². The number of hydrogen-bond acceptors (Lipinski definition) is 7. The molecule has 0 fully saturated rings. The van der Waals surface area contributed by atoms with E-state index in [0.717, 1.165) is 41.3 Å². The molecule has 0 aliphatic rings. The van der Waals surface area contributed by atoms with E-state index in [1.165, 1.54) is 8.97 Å². The molecule has 0 amide bonds. The van der Waals surface area contributed by atoms with Gasteiger partial charge in [0.15, 0.2) is 11.6 Å². The first-order valence-corrected chi connectivity index (χ1v) is 11.0. The van der Waals surface area contributed by atoms with E-state index >= 15 is 0 Å². The van der Waals surface area contributed by atoms with E-state index in [2.05, 4.69) is 16.9 Å². The van der Waals surface area contributed by atoms with Gasteiger partial charge in [0, 0.05) is 24.2 Å². The number of hydrogen-bond donors (Lipinski definition) is 0. The number of ether oxygens (including phenoxy) is 1. The lowest BCUT2D eigenvalue weighted by Crippen LogP contribution is -2.25. The van der Waals surface area contributed by atoms with Crippen LogP contribution in [0, 0.1) is 6.92 Å². The van der Waals surface area contributed by atoms with Gasteiger partial charge in [-0.3, -0.25) is 8.58 Å². The van der Waals surface area contributed by atoms with E-state index in [9.17, 15) is 4.79 Å². The smallest absolute Gasteiger partial charge is 0.339 e. The number of rotatable bonds is 9. The number of benzene rings is 1. The maximum Gasteiger partial charge on any atom is 0.339 e. The van der Waals surface area contributed by atoms with Crippen molar-refractivity contribution in [3.8, 4) is 28.4 Å². The zero-order chi connectivity index (χ0) is 22.5. The lowest BCUT2D eigenvalue weighted by Gasteiger charge is -2.13. The quantitative estimate of drug-likeness (QED) is 0.271. The first-order valence-electron chi connectivity index (χ1n) is 10.4. The van der Waals surface area contributed by atoms with Gasteiger partial charge in [0.25, 0.3) is 0 Å². The Balaban J connectivity index is 1.73. The minimum Gasteiger partial charge on any atom is -0.494 e. The molecule has 3 aromatic heterocycles. The fourth-order valence-electron chi connectivity index (χ4n) is 3.18. The molecule has 0 bridgehead atoms. The Morgan fingerprint density at radius 2 is 1.91 bits per heavy atom. The summed E-state index contributed by atoms with van der Waals surface area (Å²) in [4.78, 5) is 21.9. The SMILES string of the molecule is CCCOc1ccc(-c2cnc(-n3ccc4nc(C)cn4c3=O)c(OSOCC)c2)cc1. The fraction of sp³-hybridized carbons (Fsp3) is 0.261. The summed E-state index contributed by atoms with van der Waals surface area (Å²) >= 11 is 0.850. The first kappa shape index (κ1) is 21.9. The zero-order valence-corrected chi connectivity index (χ0v) is 19.0. The summed E-state index contributed by atoms with van der Waals surface area (Å²) in [5, 5.41) is 0. The lowest BCUT2D eigenvalue weighted by molar-refractivity contribution is 0.317. The van der Waals surface area contributed by atoms with Gasteiger partial charge < -0.3 is 8.92 Å². The van der Waals surface area contributed by atoms with Gasteiger partial charge >= 0.3 is 5.69 Å². The third-order valence-electron chi connectivity index (χ3n) is 4.65. The lowest BCUT2D eigenvalue weighted by atomic mass is 10.1. The molecule has 0 N–H and O–H groups in total. The molecule has 0 saturated heterocycles. The Hall–Kier alpha value is -3.30. The summed E-state index contributed by atoms with van der Waals surface area (Å²) in [6.45, 7) is 6.94. The van der Waals surface area contributed by atoms with Gasteiger partial charge in [-0.25, -0.2) is 19.3 Å². The standard InChI is InChI=1S/C23H24N4O4S/c1-4-12-29-19-8-6-17(7-9-19)18-13-20(31-32-30-5-2)22(24-14-18)26-11-10-21-25-16(3)15-27(21)23(26)28/h6-11,13-15H,4-5,12H2,1-3H3. The summed E-state index contributed by atoms with van der Waals surface area (Å²) in [5.74, 6) is 1.59. The molecule has 0 spiro atoms. The van der Waals surface area contributed by atoms with Crippen LogP contribution in [-0.4, -0.2) is 32.1 Å². The van der Waals surface area contributed by atoms with Crippen LogP contribution in [0.3, 0.4) is 0 Å². The molecule has 166 valence electrons. The molecule has 8 nitrogen and oxygen atoms in total. The number of imidazole rings is 1. The first-order chi connectivity index (χ1) is 15.6. The van der Waals surface area contributed by atoms with Crippen molar-refractivity contribution in [2.24, 2.45) is 0 Å². The molecule has 9 heteroatoms. The van der Waals surface area contributed by atoms with Crippen LogP contribution in [0.5, 0.6) is 11.5 Å². The third kappa shape index (κ3) is 4.63. The molecular formula is C23H24N4O4S. The Kier molecular flexibility index (Phi) is 6.77. The van der Waals surface area contributed by atoms with E-state index in [4.69, 9.17) is 13.1 Å². The highest BCUT2D eigenvalue weighted by molar-refractivity contribution is 7.90. The summed E-state index contributed by atoms with van der Waals surface area (Å²) in [6, 6.07) is 11.4. The van der Waals surface area contributed by atoms with Crippen LogP contribution in [0.2, 0.25) is 0 Å². The van der Waals surface area contributed by atoms with E-state index < -0.39 is 0 Å². The van der Waals surface area contributed by atoms with Crippen LogP contribution in [0.25, 0.3) is 22.6 Å². The van der Waals surface area contributed by atoms with Crippen molar-refractivity contribution in [3.63, 3.8) is 0 Å². The van der Waals surface area contributed by atoms with Gasteiger partial charge in [0.05, 0.1) is 18.9 Å². The second-order valence-corrected chi connectivity index (χ2v) is 7.59. The summed E-state index contributed by atoms with van der Waals surface area (Å²) in [5.41, 5.74) is 2.85. The van der Waals surface area contributed by atoms with E-state index in [1.807, 2.05) is 44.2 Å². The van der Waals surface area contributed by atoms with Crippen molar-refractivity contribution >= 4 is 18.0 Å². The van der Waals surface area contributed by atoms with Gasteiger partial charge in [0.2, 0.25) is 12.3 Å². The van der Waals surface area contributed by atoms with Gasteiger partial charge in [-0.2, -0.15) is 0 Å². The fourth-order valence-corrected chi connectivity index (χ4v) is 3.52. The van der Waals surface area contributed by atoms with Crippen LogP contribution in [0.15, 0.2) is 59.8 Å². The Morgan fingerprint density at radius 1 is 1.09 bits per heavy atom. The average molecular weight is 453 g/mol. The zero-order valence-electron chi connectivity index (χ0n) is 18.1. The van der Waals surface area contributed by atoms with Crippen LogP contribution in [-0.2, 0) is 4.18 Å². The third-order valence-corrected chi connectivity index (χ3v) is 5.23. The second-order valence-electron chi connectivity index (χ2n) is 7.06. The average Bonchev–Trinajstić information content (AvgIpc) is 3.20. The van der Waals surface area contributed by atoms with Gasteiger partial charge in [-0.15, -0.1) is 0 Å². The van der Waals surface area contributed by atoms with Gasteiger partial charge in [0.1, 0.15) is 11.4 Å². The molecule has 0 radical (unpaired) electrons. The highest BCUT2D eigenvalue weighted by atomic mass is 32.2. The molecule has 32 heavy (non-hydrogen) atoms. The predicted octanol–water partition coefficient (Wildman–Crippen LogP) is 4.62. The van der Waals surface area contributed by atoms with Crippen LogP contribution < -0.4 is 14.6 Å². The van der Waals surface area contributed by atoms with E-state index in [1.54, 1.807) is 24.7 Å². The van der Waals surface area contributed by atoms with Crippen molar-refractivity contribution < 1.29 is 13.1 Å². The van der Waals surface area contributed by atoms with Crippen molar-refractivity contribution in [2.75, 3.05) is 13.2 Å². The van der Waals surface area contributed by atoms with Crippen molar-refractivity contribution in [2.45, 2.75) is 27.2 Å². The molecule has 0 atom stereocenters. The maximum absolute atomic E-state index is 13.0. The molecule has 0 unspecified atom stereocenters. The van der Waals surface area contributed by atoms with Crippen molar-refractivity contribution in [3.05, 3.63) is 71.2 Å². The molecule has 0 saturated carbocycles. The number of nitrogens with zero attached hydrogens (tertiary/aromatic N) is 4. The molecule has 3 heterocycles. The predicted molar refractivity (Wildman–Crippen MR) is 124 cm³/mol. The number of aryl methyl sites for hydroxylation is 1. The maximum atomic E-state index is 13.0. The van der Waals surface area contributed by atoms with Gasteiger partial charge in [-0.05, 0) is 50.1 Å². The van der Waals surface area contributed by atoms with Crippen molar-refractivity contribution in [1.82, 2.24) is 18.9 Å². The molecule has 4 rings (SSSR count). The second kappa shape index (κ2) is 9.88. The topological polar surface area (TPSA) is 79.9 Å². The molecular weight excluding hydrogens is 428 g/mol. The molecule has 4 aromatic rings. The molecule has 1 aromatic carbocycles. The van der Waals surface area contributed by atoms with Crippen LogP contribution >= 0.6 is 12.3 Å². The Bertz CT molecular complexity index is 1270. The number of aromatic nitrogens is 4. The minimum atomic E-state index is -0.285. The number of fused-ring (bicyclic) bond motifs is 1. The molecule has 0 aliphatic carbocycles. The summed E-state index contributed by atoms with van der Waals surface area (Å²) in [7, 11) is 0. The Labute approximate surface area is 190 Å². The highest BCUT2D eigenvalue weighted by Gasteiger charge is 2.15. The summed E-state index contributed by atoms with van der Waals surface area (Å²) in [6.07, 6.45) is 6.00. The minimum absolute atomic E-state index is 0.285. The monoisotopic (exact) mass is 452 g/mol. The molecule has 0 aliphatic heterocycles. The van der Waals surface area contributed by atoms with E-state index in [0.29, 0.717) is 30.4 Å². The van der Waals surface area contributed by atoms with E-state index in [-0.39, 0.29) is 5.69 Å². The number of pyridine rings is 1. The largest absolute Gasteiger partial charge is 0.494 e. The summed E-state index contributed by atoms with van der Waals surface area (Å²) < 4.78 is 19.6.